The fourth-order valence-corrected chi connectivity index (χ4v) is 3.99. The number of thioether (sulfide) groups is 1. The number of benzene rings is 1. The van der Waals surface area contributed by atoms with Gasteiger partial charge in [-0.3, -0.25) is 9.89 Å². The SMILES string of the molecule is Cc1ccc(OCc2nc(SCC(=O)N[C@@H]3CCC[C@@H](C)[C@@H]3C)n[nH]2)cc1. The highest BCUT2D eigenvalue weighted by Gasteiger charge is 2.28. The van der Waals surface area contributed by atoms with Gasteiger partial charge in [0.25, 0.3) is 0 Å². The molecule has 0 unspecified atom stereocenters. The zero-order valence-corrected chi connectivity index (χ0v) is 17.0. The van der Waals surface area contributed by atoms with Gasteiger partial charge in [0.1, 0.15) is 12.4 Å². The molecule has 2 N–H and O–H groups in total. The minimum absolute atomic E-state index is 0.0493. The molecule has 1 aromatic carbocycles. The Morgan fingerprint density at radius 3 is 2.85 bits per heavy atom. The van der Waals surface area contributed by atoms with E-state index < -0.39 is 0 Å². The number of rotatable bonds is 7. The molecule has 0 aliphatic heterocycles. The minimum Gasteiger partial charge on any atom is -0.486 e. The van der Waals surface area contributed by atoms with E-state index in [1.54, 1.807) is 0 Å². The molecule has 1 aromatic heterocycles. The number of carbonyl (C=O) groups excluding carboxylic acids is 1. The number of nitrogens with zero attached hydrogens (tertiary/aromatic N) is 2. The average Bonchev–Trinajstić information content (AvgIpc) is 3.11. The smallest absolute Gasteiger partial charge is 0.230 e. The van der Waals surface area contributed by atoms with Gasteiger partial charge >= 0.3 is 0 Å². The minimum atomic E-state index is 0.0493. The third-order valence-electron chi connectivity index (χ3n) is 5.29. The first kappa shape index (κ1) is 19.7. The number of aryl methyl sites for hydroxylation is 1. The van der Waals surface area contributed by atoms with Crippen LogP contribution >= 0.6 is 11.8 Å². The van der Waals surface area contributed by atoms with Gasteiger partial charge in [-0.05, 0) is 37.3 Å². The Balaban J connectivity index is 1.42. The second kappa shape index (κ2) is 9.26. The molecule has 3 atom stereocenters. The fourth-order valence-electron chi connectivity index (χ4n) is 3.36. The van der Waals surface area contributed by atoms with Gasteiger partial charge in [-0.1, -0.05) is 56.1 Å². The monoisotopic (exact) mass is 388 g/mol. The lowest BCUT2D eigenvalue weighted by Crippen LogP contribution is -2.44. The standard InChI is InChI=1S/C20H28N4O2S/c1-13-7-9-16(10-8-13)26-11-18-22-20(24-23-18)27-12-19(25)21-17-6-4-5-14(2)15(17)3/h7-10,14-15,17H,4-6,11-12H2,1-3H3,(H,21,25)(H,22,23,24)/t14-,15+,17-/m1/s1. The first-order valence-electron chi connectivity index (χ1n) is 9.54. The number of ether oxygens (including phenoxy) is 1. The van der Waals surface area contributed by atoms with Crippen LogP contribution < -0.4 is 10.1 Å². The molecule has 1 heterocycles. The van der Waals surface area contributed by atoms with Crippen LogP contribution in [0.25, 0.3) is 0 Å². The topological polar surface area (TPSA) is 79.9 Å². The van der Waals surface area contributed by atoms with Gasteiger partial charge in [0.2, 0.25) is 11.1 Å². The molecular weight excluding hydrogens is 360 g/mol. The summed E-state index contributed by atoms with van der Waals surface area (Å²) < 4.78 is 5.69. The van der Waals surface area contributed by atoms with E-state index in [1.165, 1.54) is 30.2 Å². The van der Waals surface area contributed by atoms with Crippen LogP contribution in [-0.2, 0) is 11.4 Å². The van der Waals surface area contributed by atoms with Crippen LogP contribution in [0, 0.1) is 18.8 Å². The van der Waals surface area contributed by atoms with Crippen LogP contribution in [-0.4, -0.2) is 32.9 Å². The lowest BCUT2D eigenvalue weighted by molar-refractivity contribution is -0.120. The lowest BCUT2D eigenvalue weighted by Gasteiger charge is -2.34. The van der Waals surface area contributed by atoms with Gasteiger partial charge in [-0.2, -0.15) is 0 Å². The van der Waals surface area contributed by atoms with Crippen molar-refractivity contribution in [2.24, 2.45) is 11.8 Å². The molecule has 0 radical (unpaired) electrons. The summed E-state index contributed by atoms with van der Waals surface area (Å²) in [7, 11) is 0. The normalized spacial score (nSPS) is 22.4. The Hall–Kier alpha value is -2.02. The Kier molecular flexibility index (Phi) is 6.77. The summed E-state index contributed by atoms with van der Waals surface area (Å²) in [5, 5.41) is 10.8. The van der Waals surface area contributed by atoms with Crippen molar-refractivity contribution < 1.29 is 9.53 Å². The van der Waals surface area contributed by atoms with Gasteiger partial charge in [0.15, 0.2) is 5.82 Å². The van der Waals surface area contributed by atoms with Crippen molar-refractivity contribution in [1.29, 1.82) is 0 Å². The van der Waals surface area contributed by atoms with Crippen molar-refractivity contribution in [2.45, 2.75) is 57.8 Å². The van der Waals surface area contributed by atoms with E-state index >= 15 is 0 Å². The predicted molar refractivity (Wildman–Crippen MR) is 107 cm³/mol. The summed E-state index contributed by atoms with van der Waals surface area (Å²) in [4.78, 5) is 16.6. The van der Waals surface area contributed by atoms with Crippen LogP contribution in [0.15, 0.2) is 29.4 Å². The summed E-state index contributed by atoms with van der Waals surface area (Å²) in [6.45, 7) is 6.86. The third-order valence-corrected chi connectivity index (χ3v) is 6.14. The first-order valence-corrected chi connectivity index (χ1v) is 10.5. The summed E-state index contributed by atoms with van der Waals surface area (Å²) in [6, 6.07) is 8.15. The Bertz CT molecular complexity index is 747. The first-order chi connectivity index (χ1) is 13.0. The van der Waals surface area contributed by atoms with Gasteiger partial charge in [0.05, 0.1) is 5.75 Å². The molecule has 1 saturated carbocycles. The quantitative estimate of drug-likeness (QED) is 0.707. The van der Waals surface area contributed by atoms with Gasteiger partial charge in [-0.25, -0.2) is 4.98 Å². The largest absolute Gasteiger partial charge is 0.486 e. The maximum absolute atomic E-state index is 12.3. The number of nitrogens with one attached hydrogen (secondary N) is 2. The Morgan fingerprint density at radius 2 is 2.07 bits per heavy atom. The number of hydrogen-bond donors (Lipinski definition) is 2. The number of amides is 1. The zero-order valence-electron chi connectivity index (χ0n) is 16.2. The van der Waals surface area contributed by atoms with Crippen LogP contribution in [0.4, 0.5) is 0 Å². The van der Waals surface area contributed by atoms with Crippen LogP contribution in [0.5, 0.6) is 5.75 Å². The molecule has 0 spiro atoms. The van der Waals surface area contributed by atoms with Crippen molar-refractivity contribution in [3.63, 3.8) is 0 Å². The number of H-pyrrole nitrogens is 1. The van der Waals surface area contributed by atoms with Gasteiger partial charge in [0, 0.05) is 6.04 Å². The van der Waals surface area contributed by atoms with E-state index in [-0.39, 0.29) is 11.9 Å². The number of aromatic amines is 1. The molecule has 146 valence electrons. The second-order valence-electron chi connectivity index (χ2n) is 7.40. The molecule has 7 heteroatoms. The highest BCUT2D eigenvalue weighted by atomic mass is 32.2. The molecular formula is C20H28N4O2S. The van der Waals surface area contributed by atoms with Crippen LogP contribution in [0.3, 0.4) is 0 Å². The van der Waals surface area contributed by atoms with Gasteiger partial charge < -0.3 is 10.1 Å². The molecule has 3 rings (SSSR count). The second-order valence-corrected chi connectivity index (χ2v) is 8.34. The third kappa shape index (κ3) is 5.73. The molecule has 2 aromatic rings. The van der Waals surface area contributed by atoms with Crippen molar-refractivity contribution in [2.75, 3.05) is 5.75 Å². The van der Waals surface area contributed by atoms with E-state index in [4.69, 9.17) is 4.74 Å². The number of carbonyl (C=O) groups is 1. The predicted octanol–water partition coefficient (Wildman–Crippen LogP) is 3.73. The summed E-state index contributed by atoms with van der Waals surface area (Å²) >= 11 is 1.34. The molecule has 6 nitrogen and oxygen atoms in total. The highest BCUT2D eigenvalue weighted by Crippen LogP contribution is 2.29. The number of hydrogen-bond acceptors (Lipinski definition) is 5. The summed E-state index contributed by atoms with van der Waals surface area (Å²) in [6.07, 6.45) is 3.52. The maximum atomic E-state index is 12.3. The average molecular weight is 389 g/mol. The van der Waals surface area contributed by atoms with E-state index in [0.717, 1.165) is 12.2 Å². The molecule has 1 aliphatic rings. The van der Waals surface area contributed by atoms with E-state index in [1.807, 2.05) is 31.2 Å². The highest BCUT2D eigenvalue weighted by molar-refractivity contribution is 7.99. The molecule has 1 aliphatic carbocycles. The Labute approximate surface area is 164 Å². The molecule has 1 fully saturated rings. The van der Waals surface area contributed by atoms with Crippen molar-refractivity contribution in [3.8, 4) is 5.75 Å². The molecule has 0 saturated heterocycles. The van der Waals surface area contributed by atoms with E-state index in [0.29, 0.717) is 35.2 Å². The molecule has 0 bridgehead atoms. The molecule has 27 heavy (non-hydrogen) atoms. The van der Waals surface area contributed by atoms with Crippen LogP contribution in [0.1, 0.15) is 44.5 Å². The van der Waals surface area contributed by atoms with Crippen molar-refractivity contribution >= 4 is 17.7 Å². The summed E-state index contributed by atoms with van der Waals surface area (Å²) in [5.74, 6) is 3.01. The molecule has 1 amide bonds. The fraction of sp³-hybridized carbons (Fsp3) is 0.550. The van der Waals surface area contributed by atoms with E-state index in [9.17, 15) is 4.79 Å². The number of aromatic nitrogens is 3. The van der Waals surface area contributed by atoms with E-state index in [2.05, 4.69) is 34.3 Å². The maximum Gasteiger partial charge on any atom is 0.230 e. The van der Waals surface area contributed by atoms with Crippen molar-refractivity contribution in [3.05, 3.63) is 35.7 Å². The summed E-state index contributed by atoms with van der Waals surface area (Å²) in [5.41, 5.74) is 1.19. The lowest BCUT2D eigenvalue weighted by atomic mass is 9.78. The zero-order chi connectivity index (χ0) is 19.2. The van der Waals surface area contributed by atoms with Gasteiger partial charge in [-0.15, -0.1) is 5.10 Å². The van der Waals surface area contributed by atoms with Crippen molar-refractivity contribution in [1.82, 2.24) is 20.5 Å². The van der Waals surface area contributed by atoms with Crippen LogP contribution in [0.2, 0.25) is 0 Å². The Morgan fingerprint density at radius 1 is 1.30 bits per heavy atom.